The molecule has 0 bridgehead atoms. The highest BCUT2D eigenvalue weighted by atomic mass is 32.2. The van der Waals surface area contributed by atoms with Crippen molar-refractivity contribution in [1.82, 2.24) is 9.47 Å². The van der Waals surface area contributed by atoms with Gasteiger partial charge in [0.2, 0.25) is 0 Å². The van der Waals surface area contributed by atoms with Crippen LogP contribution in [0.25, 0.3) is 6.08 Å². The molecule has 0 atom stereocenters. The number of nitriles is 1. The molecule has 9 heteroatoms. The zero-order chi connectivity index (χ0) is 25.1. The summed E-state index contributed by atoms with van der Waals surface area (Å²) in [6, 6.07) is 8.08. The fourth-order valence-electron chi connectivity index (χ4n) is 4.48. The number of thiocarbonyl (C=S) groups is 1. The molecule has 2 aliphatic heterocycles. The van der Waals surface area contributed by atoms with Crippen molar-refractivity contribution in [3.63, 3.8) is 0 Å². The molecule has 35 heavy (non-hydrogen) atoms. The van der Waals surface area contributed by atoms with Gasteiger partial charge in [-0.2, -0.15) is 5.26 Å². The van der Waals surface area contributed by atoms with Crippen LogP contribution in [0.5, 0.6) is 0 Å². The molecule has 2 saturated heterocycles. The van der Waals surface area contributed by atoms with Crippen LogP contribution in [0.2, 0.25) is 0 Å². The lowest BCUT2D eigenvalue weighted by Crippen LogP contribution is -2.33. The Labute approximate surface area is 214 Å². The molecule has 2 fully saturated rings. The summed E-state index contributed by atoms with van der Waals surface area (Å²) in [7, 11) is 0. The Hall–Kier alpha value is -2.96. The van der Waals surface area contributed by atoms with Gasteiger partial charge in [0.25, 0.3) is 11.5 Å². The number of aromatic nitrogens is 1. The van der Waals surface area contributed by atoms with E-state index < -0.39 is 0 Å². The van der Waals surface area contributed by atoms with Crippen molar-refractivity contribution in [2.24, 2.45) is 0 Å². The van der Waals surface area contributed by atoms with E-state index in [-0.39, 0.29) is 29.4 Å². The molecule has 2 aliphatic rings. The van der Waals surface area contributed by atoms with E-state index in [1.807, 2.05) is 0 Å². The lowest BCUT2D eigenvalue weighted by atomic mass is 10.0. The lowest BCUT2D eigenvalue weighted by molar-refractivity contribution is -0.122. The summed E-state index contributed by atoms with van der Waals surface area (Å²) in [5.41, 5.74) is 1.91. The first-order chi connectivity index (χ1) is 16.8. The molecule has 6 nitrogen and oxygen atoms in total. The third-order valence-electron chi connectivity index (χ3n) is 6.39. The Morgan fingerprint density at radius 1 is 1.20 bits per heavy atom. The summed E-state index contributed by atoms with van der Waals surface area (Å²) in [5, 5.41) is 9.78. The molecule has 182 valence electrons. The summed E-state index contributed by atoms with van der Waals surface area (Å²) in [5.74, 6) is 0.206. The molecule has 4 rings (SSSR count). The molecular weight excluding hydrogens is 483 g/mol. The highest BCUT2D eigenvalue weighted by molar-refractivity contribution is 8.26. The topological polar surface area (TPSA) is 69.3 Å². The average molecular weight is 511 g/mol. The summed E-state index contributed by atoms with van der Waals surface area (Å²) < 4.78 is 15.4. The van der Waals surface area contributed by atoms with Crippen molar-refractivity contribution < 1.29 is 9.18 Å². The molecule has 0 unspecified atom stereocenters. The van der Waals surface area contributed by atoms with Crippen LogP contribution < -0.4 is 10.5 Å². The molecule has 0 radical (unpaired) electrons. The van der Waals surface area contributed by atoms with Crippen LogP contribution in [0.15, 0.2) is 34.0 Å². The summed E-state index contributed by atoms with van der Waals surface area (Å²) >= 11 is 6.70. The van der Waals surface area contributed by atoms with Gasteiger partial charge in [-0.1, -0.05) is 49.5 Å². The second kappa shape index (κ2) is 10.8. The van der Waals surface area contributed by atoms with Crippen LogP contribution in [0, 0.1) is 24.1 Å². The minimum atomic E-state index is -0.338. The van der Waals surface area contributed by atoms with Gasteiger partial charge in [-0.15, -0.1) is 0 Å². The van der Waals surface area contributed by atoms with Gasteiger partial charge in [-0.3, -0.25) is 19.1 Å². The molecule has 0 N–H and O–H groups in total. The molecule has 0 spiro atoms. The number of thioether (sulfide) groups is 1. The molecule has 1 aromatic heterocycles. The van der Waals surface area contributed by atoms with E-state index in [0.717, 1.165) is 55.7 Å². The zero-order valence-corrected chi connectivity index (χ0v) is 21.5. The third kappa shape index (κ3) is 5.04. The second-order valence-corrected chi connectivity index (χ2v) is 10.4. The van der Waals surface area contributed by atoms with Crippen molar-refractivity contribution in [3.05, 3.63) is 67.6 Å². The number of benzene rings is 1. The lowest BCUT2D eigenvalue weighted by Gasteiger charge is -2.27. The third-order valence-corrected chi connectivity index (χ3v) is 7.77. The highest BCUT2D eigenvalue weighted by Gasteiger charge is 2.33. The van der Waals surface area contributed by atoms with Crippen LogP contribution in [-0.4, -0.2) is 32.8 Å². The van der Waals surface area contributed by atoms with Crippen molar-refractivity contribution in [2.45, 2.75) is 52.6 Å². The number of hydrogen-bond donors (Lipinski definition) is 0. The quantitative estimate of drug-likeness (QED) is 0.387. The first-order valence-electron chi connectivity index (χ1n) is 11.8. The standard InChI is InChI=1S/C26H27FN4O2S2/c1-3-4-13-30-23(29-11-5-6-12-29)20(17(2)21(15-28)24(30)32)14-22-25(33)31(26(34)35-22)16-18-7-9-19(27)10-8-18/h7-10,14H,3-6,11-13,16H2,1-2H3. The number of hydrogen-bond acceptors (Lipinski definition) is 6. The van der Waals surface area contributed by atoms with E-state index in [0.29, 0.717) is 21.3 Å². The van der Waals surface area contributed by atoms with Gasteiger partial charge in [0.1, 0.15) is 27.6 Å². The molecule has 2 aromatic rings. The van der Waals surface area contributed by atoms with Gasteiger partial charge in [-0.05, 0) is 55.5 Å². The van der Waals surface area contributed by atoms with Crippen LogP contribution in [0.3, 0.4) is 0 Å². The van der Waals surface area contributed by atoms with E-state index in [2.05, 4.69) is 17.9 Å². The number of carbonyl (C=O) groups is 1. The van der Waals surface area contributed by atoms with Crippen molar-refractivity contribution in [1.29, 1.82) is 5.26 Å². The maximum Gasteiger partial charge on any atom is 0.270 e. The summed E-state index contributed by atoms with van der Waals surface area (Å²) in [6.45, 7) is 6.25. The van der Waals surface area contributed by atoms with E-state index in [1.165, 1.54) is 28.8 Å². The van der Waals surface area contributed by atoms with Crippen LogP contribution in [-0.2, 0) is 17.9 Å². The Balaban J connectivity index is 1.79. The predicted octanol–water partition coefficient (Wildman–Crippen LogP) is 4.97. The maximum absolute atomic E-state index is 13.3. The van der Waals surface area contributed by atoms with E-state index >= 15 is 0 Å². The number of nitrogens with zero attached hydrogens (tertiary/aromatic N) is 4. The Kier molecular flexibility index (Phi) is 7.72. The van der Waals surface area contributed by atoms with E-state index in [4.69, 9.17) is 12.2 Å². The maximum atomic E-state index is 13.3. The summed E-state index contributed by atoms with van der Waals surface area (Å²) in [6.07, 6.45) is 5.57. The number of rotatable bonds is 7. The van der Waals surface area contributed by atoms with Gasteiger partial charge < -0.3 is 4.90 Å². The number of carbonyl (C=O) groups excluding carboxylic acids is 1. The van der Waals surface area contributed by atoms with Crippen LogP contribution in [0.4, 0.5) is 10.2 Å². The Bertz CT molecular complexity index is 1290. The SMILES string of the molecule is CCCCn1c(N2CCCC2)c(C=C2SC(=S)N(Cc3ccc(F)cc3)C2=O)c(C)c(C#N)c1=O. The average Bonchev–Trinajstić information content (AvgIpc) is 3.46. The summed E-state index contributed by atoms with van der Waals surface area (Å²) in [4.78, 5) is 30.7. The van der Waals surface area contributed by atoms with Crippen LogP contribution >= 0.6 is 24.0 Å². The number of halogens is 1. The fourth-order valence-corrected chi connectivity index (χ4v) is 5.71. The number of anilines is 1. The zero-order valence-electron chi connectivity index (χ0n) is 19.8. The molecule has 1 aromatic carbocycles. The number of amides is 1. The molecule has 0 aliphatic carbocycles. The number of unbranched alkanes of at least 4 members (excludes halogenated alkanes) is 1. The van der Waals surface area contributed by atoms with Gasteiger partial charge >= 0.3 is 0 Å². The van der Waals surface area contributed by atoms with E-state index in [9.17, 15) is 19.2 Å². The van der Waals surface area contributed by atoms with Crippen molar-refractivity contribution in [2.75, 3.05) is 18.0 Å². The van der Waals surface area contributed by atoms with Crippen LogP contribution in [0.1, 0.15) is 54.9 Å². The van der Waals surface area contributed by atoms with Crippen molar-refractivity contribution >= 4 is 46.1 Å². The normalized spacial score (nSPS) is 17.0. The molecule has 3 heterocycles. The molecule has 1 amide bonds. The second-order valence-electron chi connectivity index (χ2n) is 8.75. The minimum absolute atomic E-state index is 0.108. The fraction of sp³-hybridized carbons (Fsp3) is 0.385. The van der Waals surface area contributed by atoms with Gasteiger partial charge in [0, 0.05) is 25.2 Å². The smallest absolute Gasteiger partial charge is 0.270 e. The van der Waals surface area contributed by atoms with E-state index in [1.54, 1.807) is 29.7 Å². The molecular formula is C26H27FN4O2S2. The minimum Gasteiger partial charge on any atom is -0.357 e. The predicted molar refractivity (Wildman–Crippen MR) is 142 cm³/mol. The first-order valence-corrected chi connectivity index (χ1v) is 13.0. The molecule has 0 saturated carbocycles. The highest BCUT2D eigenvalue weighted by Crippen LogP contribution is 2.37. The van der Waals surface area contributed by atoms with Gasteiger partial charge in [-0.25, -0.2) is 4.39 Å². The Morgan fingerprint density at radius 3 is 2.51 bits per heavy atom. The van der Waals surface area contributed by atoms with Gasteiger partial charge in [0.15, 0.2) is 0 Å². The monoisotopic (exact) mass is 510 g/mol. The largest absolute Gasteiger partial charge is 0.357 e. The number of pyridine rings is 1. The first kappa shape index (κ1) is 25.1. The van der Waals surface area contributed by atoms with Crippen molar-refractivity contribution in [3.8, 4) is 6.07 Å². The Morgan fingerprint density at radius 2 is 1.89 bits per heavy atom. The van der Waals surface area contributed by atoms with Gasteiger partial charge in [0.05, 0.1) is 11.4 Å².